The number of carbonyl (C=O) groups is 1. The van der Waals surface area contributed by atoms with Crippen LogP contribution in [0.2, 0.25) is 0 Å². The number of amides is 1. The van der Waals surface area contributed by atoms with E-state index in [1.807, 2.05) is 23.1 Å². The van der Waals surface area contributed by atoms with Gasteiger partial charge in [0.15, 0.2) is 0 Å². The van der Waals surface area contributed by atoms with E-state index in [2.05, 4.69) is 10.2 Å². The molecule has 7 heteroatoms. The number of aromatic amines is 1. The molecule has 1 aliphatic heterocycles. The molecule has 0 spiro atoms. The number of likely N-dealkylation sites (tertiary alicyclic amines) is 1. The van der Waals surface area contributed by atoms with Crippen LogP contribution in [0, 0.1) is 0 Å². The highest BCUT2D eigenvalue weighted by Gasteiger charge is 2.29. The van der Waals surface area contributed by atoms with Crippen molar-refractivity contribution in [1.82, 2.24) is 19.7 Å². The highest BCUT2D eigenvalue weighted by Crippen LogP contribution is 2.44. The first-order valence-corrected chi connectivity index (χ1v) is 8.76. The van der Waals surface area contributed by atoms with E-state index in [9.17, 15) is 9.59 Å². The number of piperidine rings is 1. The maximum atomic E-state index is 12.9. The lowest BCUT2D eigenvalue weighted by Crippen LogP contribution is -2.40. The zero-order valence-electron chi connectivity index (χ0n) is 14.3. The zero-order valence-corrected chi connectivity index (χ0v) is 14.3. The van der Waals surface area contributed by atoms with Gasteiger partial charge in [-0.3, -0.25) is 9.36 Å². The van der Waals surface area contributed by atoms with Gasteiger partial charge in [-0.1, -0.05) is 0 Å². The quantitative estimate of drug-likeness (QED) is 0.921. The molecule has 0 bridgehead atoms. The van der Waals surface area contributed by atoms with Crippen LogP contribution in [0.3, 0.4) is 0 Å². The predicted molar refractivity (Wildman–Crippen MR) is 92.0 cm³/mol. The number of hydrogen-bond donors (Lipinski definition) is 1. The average molecular weight is 342 g/mol. The number of aromatic nitrogens is 3. The van der Waals surface area contributed by atoms with Crippen molar-refractivity contribution in [3.8, 4) is 5.75 Å². The molecule has 1 aromatic heterocycles. The van der Waals surface area contributed by atoms with Gasteiger partial charge >= 0.3 is 5.69 Å². The molecule has 25 heavy (non-hydrogen) atoms. The van der Waals surface area contributed by atoms with Crippen molar-refractivity contribution in [2.75, 3.05) is 20.2 Å². The number of benzene rings is 1. The second-order valence-corrected chi connectivity index (χ2v) is 6.82. The highest BCUT2D eigenvalue weighted by atomic mass is 16.5. The molecule has 1 aromatic carbocycles. The molecule has 1 saturated carbocycles. The Morgan fingerprint density at radius 1 is 1.24 bits per heavy atom. The number of ether oxygens (including phenoxy) is 1. The fourth-order valence-electron chi connectivity index (χ4n) is 3.63. The normalized spacial score (nSPS) is 18.4. The Labute approximate surface area is 145 Å². The van der Waals surface area contributed by atoms with Crippen LogP contribution in [0.1, 0.15) is 53.6 Å². The summed E-state index contributed by atoms with van der Waals surface area (Å²) in [7, 11) is 1.67. The van der Waals surface area contributed by atoms with Crippen molar-refractivity contribution in [2.45, 2.75) is 37.6 Å². The van der Waals surface area contributed by atoms with E-state index in [1.165, 1.54) is 19.2 Å². The smallest absolute Gasteiger partial charge is 0.343 e. The molecule has 7 nitrogen and oxygen atoms in total. The number of rotatable bonds is 4. The molecule has 0 unspecified atom stereocenters. The summed E-state index contributed by atoms with van der Waals surface area (Å²) in [6.45, 7) is 1.29. The third-order valence-electron chi connectivity index (χ3n) is 5.22. The van der Waals surface area contributed by atoms with Gasteiger partial charge in [-0.2, -0.15) is 5.10 Å². The molecule has 1 aliphatic carbocycles. The first kappa shape index (κ1) is 15.9. The topological polar surface area (TPSA) is 80.2 Å². The molecule has 2 fully saturated rings. The van der Waals surface area contributed by atoms with Crippen LogP contribution >= 0.6 is 0 Å². The van der Waals surface area contributed by atoms with Gasteiger partial charge in [0.1, 0.15) is 12.1 Å². The third-order valence-corrected chi connectivity index (χ3v) is 5.22. The monoisotopic (exact) mass is 342 g/mol. The van der Waals surface area contributed by atoms with Crippen LogP contribution in [-0.4, -0.2) is 45.8 Å². The van der Waals surface area contributed by atoms with Gasteiger partial charge in [0.05, 0.1) is 7.11 Å². The van der Waals surface area contributed by atoms with Crippen molar-refractivity contribution in [1.29, 1.82) is 0 Å². The third kappa shape index (κ3) is 3.06. The van der Waals surface area contributed by atoms with Crippen molar-refractivity contribution < 1.29 is 9.53 Å². The van der Waals surface area contributed by atoms with Gasteiger partial charge in [-0.05, 0) is 55.4 Å². The molecular formula is C18H22N4O3. The van der Waals surface area contributed by atoms with Crippen molar-refractivity contribution in [3.63, 3.8) is 0 Å². The van der Waals surface area contributed by atoms with Crippen LogP contribution in [0.15, 0.2) is 29.3 Å². The number of methoxy groups -OCH3 is 1. The number of nitrogens with zero attached hydrogens (tertiary/aromatic N) is 3. The maximum absolute atomic E-state index is 12.9. The Hall–Kier alpha value is -2.57. The average Bonchev–Trinajstić information content (AvgIpc) is 3.41. The van der Waals surface area contributed by atoms with E-state index in [1.54, 1.807) is 11.7 Å². The summed E-state index contributed by atoms with van der Waals surface area (Å²) in [5.74, 6) is 1.46. The van der Waals surface area contributed by atoms with E-state index in [4.69, 9.17) is 4.74 Å². The van der Waals surface area contributed by atoms with Crippen LogP contribution in [0.5, 0.6) is 5.75 Å². The largest absolute Gasteiger partial charge is 0.496 e. The number of H-pyrrole nitrogens is 1. The number of nitrogens with one attached hydrogen (secondary N) is 1. The molecule has 0 radical (unpaired) electrons. The van der Waals surface area contributed by atoms with Gasteiger partial charge in [0.25, 0.3) is 5.91 Å². The molecule has 4 rings (SSSR count). The summed E-state index contributed by atoms with van der Waals surface area (Å²) in [4.78, 5) is 26.4. The fourth-order valence-corrected chi connectivity index (χ4v) is 3.63. The zero-order chi connectivity index (χ0) is 17.4. The highest BCUT2D eigenvalue weighted by molar-refractivity contribution is 5.94. The van der Waals surface area contributed by atoms with Crippen molar-refractivity contribution in [3.05, 3.63) is 46.1 Å². The lowest BCUT2D eigenvalue weighted by molar-refractivity contribution is 0.0693. The number of hydrogen-bond acceptors (Lipinski definition) is 4. The van der Waals surface area contributed by atoms with Gasteiger partial charge in [0, 0.05) is 24.7 Å². The van der Waals surface area contributed by atoms with E-state index in [-0.39, 0.29) is 17.6 Å². The van der Waals surface area contributed by atoms with Gasteiger partial charge in [-0.15, -0.1) is 0 Å². The van der Waals surface area contributed by atoms with Crippen molar-refractivity contribution in [2.24, 2.45) is 0 Å². The van der Waals surface area contributed by atoms with Crippen LogP contribution in [-0.2, 0) is 0 Å². The van der Waals surface area contributed by atoms with Crippen LogP contribution in [0.25, 0.3) is 0 Å². The lowest BCUT2D eigenvalue weighted by Gasteiger charge is -2.32. The molecule has 1 amide bonds. The molecule has 1 saturated heterocycles. The fraction of sp³-hybridized carbons (Fsp3) is 0.500. The Kier molecular flexibility index (Phi) is 4.07. The minimum absolute atomic E-state index is 0.0579. The molecule has 2 aromatic rings. The SMILES string of the molecule is COc1ccc(C(=O)N2CCC(n3cn[nH]c3=O)CC2)cc1C1CC1. The maximum Gasteiger partial charge on any atom is 0.343 e. The lowest BCUT2D eigenvalue weighted by atomic mass is 10.0. The Morgan fingerprint density at radius 2 is 2.00 bits per heavy atom. The Bertz CT molecular complexity index is 829. The van der Waals surface area contributed by atoms with E-state index in [0.29, 0.717) is 19.0 Å². The van der Waals surface area contributed by atoms with Crippen LogP contribution < -0.4 is 10.4 Å². The Balaban J connectivity index is 1.46. The standard InChI is InChI=1S/C18H22N4O3/c1-25-16-5-4-13(10-15(16)12-2-3-12)17(23)21-8-6-14(7-9-21)22-11-19-20-18(22)24/h4-5,10-12,14H,2-3,6-9H2,1H3,(H,20,24). The summed E-state index contributed by atoms with van der Waals surface area (Å²) in [6, 6.07) is 5.84. The minimum atomic E-state index is -0.186. The molecule has 0 atom stereocenters. The van der Waals surface area contributed by atoms with E-state index < -0.39 is 0 Å². The molecule has 1 N–H and O–H groups in total. The summed E-state index contributed by atoms with van der Waals surface area (Å²) >= 11 is 0. The van der Waals surface area contributed by atoms with Crippen LogP contribution in [0.4, 0.5) is 0 Å². The molecule has 132 valence electrons. The Morgan fingerprint density at radius 3 is 2.60 bits per heavy atom. The first-order chi connectivity index (χ1) is 12.2. The minimum Gasteiger partial charge on any atom is -0.496 e. The summed E-state index contributed by atoms with van der Waals surface area (Å²) in [6.07, 6.45) is 5.39. The van der Waals surface area contributed by atoms with Gasteiger partial charge < -0.3 is 9.64 Å². The first-order valence-electron chi connectivity index (χ1n) is 8.76. The number of carbonyl (C=O) groups excluding carboxylic acids is 1. The van der Waals surface area contributed by atoms with E-state index >= 15 is 0 Å². The summed E-state index contributed by atoms with van der Waals surface area (Å²) in [5, 5.41) is 6.20. The summed E-state index contributed by atoms with van der Waals surface area (Å²) in [5.41, 5.74) is 1.68. The second-order valence-electron chi connectivity index (χ2n) is 6.82. The van der Waals surface area contributed by atoms with Gasteiger partial charge in [0.2, 0.25) is 0 Å². The summed E-state index contributed by atoms with van der Waals surface area (Å²) < 4.78 is 7.05. The molecule has 2 heterocycles. The van der Waals surface area contributed by atoms with Crippen molar-refractivity contribution >= 4 is 5.91 Å². The second kappa shape index (κ2) is 6.38. The predicted octanol–water partition coefficient (Wildman–Crippen LogP) is 1.93. The molecular weight excluding hydrogens is 320 g/mol. The van der Waals surface area contributed by atoms with E-state index in [0.717, 1.165) is 29.7 Å². The van der Waals surface area contributed by atoms with Gasteiger partial charge in [-0.25, -0.2) is 9.89 Å². The molecule has 2 aliphatic rings.